The largest absolute Gasteiger partial charge is 0.493 e. The highest BCUT2D eigenvalue weighted by Gasteiger charge is 2.36. The average Bonchev–Trinajstić information content (AvgIpc) is 3.38. The van der Waals surface area contributed by atoms with Crippen LogP contribution in [0.15, 0.2) is 36.4 Å². The third-order valence-electron chi connectivity index (χ3n) is 4.97. The van der Waals surface area contributed by atoms with Gasteiger partial charge in [-0.3, -0.25) is 9.89 Å². The van der Waals surface area contributed by atoms with E-state index in [1.807, 2.05) is 6.07 Å². The summed E-state index contributed by atoms with van der Waals surface area (Å²) in [5.74, 6) is 0.957. The fourth-order valence-electron chi connectivity index (χ4n) is 3.57. The molecule has 1 atom stereocenters. The Kier molecular flexibility index (Phi) is 6.04. The molecule has 10 nitrogen and oxygen atoms in total. The summed E-state index contributed by atoms with van der Waals surface area (Å²) in [7, 11) is 4.51. The van der Waals surface area contributed by atoms with Crippen LogP contribution in [0, 0.1) is 0 Å². The monoisotopic (exact) mass is 438 g/mol. The molecule has 0 spiro atoms. The van der Waals surface area contributed by atoms with Crippen LogP contribution in [0.4, 0.5) is 5.69 Å². The Morgan fingerprint density at radius 3 is 2.78 bits per heavy atom. The third kappa shape index (κ3) is 4.12. The van der Waals surface area contributed by atoms with Crippen LogP contribution in [0.25, 0.3) is 11.4 Å². The number of hydrogen-bond acceptors (Lipinski definition) is 8. The first kappa shape index (κ1) is 21.3. The van der Waals surface area contributed by atoms with Gasteiger partial charge in [-0.2, -0.15) is 5.10 Å². The van der Waals surface area contributed by atoms with Gasteiger partial charge in [0.2, 0.25) is 5.91 Å². The van der Waals surface area contributed by atoms with Crippen LogP contribution in [-0.2, 0) is 20.9 Å². The summed E-state index contributed by atoms with van der Waals surface area (Å²) in [6.07, 6.45) is -0.762. The predicted molar refractivity (Wildman–Crippen MR) is 113 cm³/mol. The van der Waals surface area contributed by atoms with Crippen molar-refractivity contribution >= 4 is 17.6 Å². The van der Waals surface area contributed by atoms with E-state index < -0.39 is 12.1 Å². The van der Waals surface area contributed by atoms with Crippen LogP contribution in [0.5, 0.6) is 11.5 Å². The highest BCUT2D eigenvalue weighted by atomic mass is 16.6. The molecule has 4 rings (SSSR count). The zero-order chi connectivity index (χ0) is 22.7. The second kappa shape index (κ2) is 9.06. The van der Waals surface area contributed by atoms with Gasteiger partial charge in [0, 0.05) is 23.9 Å². The predicted octanol–water partition coefficient (Wildman–Crippen LogP) is 2.88. The summed E-state index contributed by atoms with van der Waals surface area (Å²) in [5.41, 5.74) is 2.17. The number of ether oxygens (including phenoxy) is 4. The smallest absolute Gasteiger partial charge is 0.343 e. The second-order valence-corrected chi connectivity index (χ2v) is 7.03. The van der Waals surface area contributed by atoms with Gasteiger partial charge in [-0.25, -0.2) is 9.78 Å². The lowest BCUT2D eigenvalue weighted by Crippen LogP contribution is -2.15. The van der Waals surface area contributed by atoms with Crippen molar-refractivity contribution in [2.75, 3.05) is 26.6 Å². The molecule has 0 radical (unpaired) electrons. The maximum absolute atomic E-state index is 12.7. The highest BCUT2D eigenvalue weighted by molar-refractivity contribution is 5.99. The Labute approximate surface area is 183 Å². The summed E-state index contributed by atoms with van der Waals surface area (Å²) in [5, 5.41) is 9.80. The lowest BCUT2D eigenvalue weighted by Gasteiger charge is -2.13. The zero-order valence-corrected chi connectivity index (χ0v) is 17.8. The van der Waals surface area contributed by atoms with Gasteiger partial charge < -0.3 is 24.3 Å². The molecule has 2 aromatic carbocycles. The minimum atomic E-state index is -0.718. The first-order valence-electron chi connectivity index (χ1n) is 9.80. The fourth-order valence-corrected chi connectivity index (χ4v) is 3.57. The van der Waals surface area contributed by atoms with Crippen molar-refractivity contribution in [1.29, 1.82) is 0 Å². The number of methoxy groups -OCH3 is 3. The number of hydrogen-bond donors (Lipinski definition) is 2. The Bertz CT molecular complexity index is 1160. The van der Waals surface area contributed by atoms with Gasteiger partial charge in [0.05, 0.1) is 20.6 Å². The number of fused-ring (bicyclic) bond motifs is 1. The van der Waals surface area contributed by atoms with E-state index in [2.05, 4.69) is 20.5 Å². The number of cyclic esters (lactones) is 1. The molecular formula is C22H22N4O6. The van der Waals surface area contributed by atoms with E-state index in [-0.39, 0.29) is 17.9 Å². The number of benzene rings is 2. The van der Waals surface area contributed by atoms with Crippen molar-refractivity contribution in [1.82, 2.24) is 15.2 Å². The quantitative estimate of drug-likeness (QED) is 0.515. The summed E-state index contributed by atoms with van der Waals surface area (Å²) >= 11 is 0. The van der Waals surface area contributed by atoms with Crippen molar-refractivity contribution in [3.63, 3.8) is 0 Å². The van der Waals surface area contributed by atoms with E-state index in [1.54, 1.807) is 37.4 Å². The summed E-state index contributed by atoms with van der Waals surface area (Å²) < 4.78 is 21.0. The fraction of sp³-hybridized carbons (Fsp3) is 0.273. The topological polar surface area (TPSA) is 125 Å². The van der Waals surface area contributed by atoms with E-state index in [0.29, 0.717) is 41.0 Å². The minimum absolute atomic E-state index is 0.0446. The van der Waals surface area contributed by atoms with Gasteiger partial charge in [-0.05, 0) is 18.2 Å². The molecule has 1 aliphatic rings. The van der Waals surface area contributed by atoms with E-state index in [4.69, 9.17) is 18.9 Å². The molecule has 1 amide bonds. The summed E-state index contributed by atoms with van der Waals surface area (Å²) in [4.78, 5) is 29.4. The van der Waals surface area contributed by atoms with Gasteiger partial charge in [0.25, 0.3) is 0 Å². The molecule has 0 saturated carbocycles. The molecule has 0 saturated heterocycles. The molecule has 166 valence electrons. The van der Waals surface area contributed by atoms with Gasteiger partial charge in [-0.1, -0.05) is 18.2 Å². The number of rotatable bonds is 8. The number of nitrogens with zero attached hydrogens (tertiary/aromatic N) is 2. The lowest BCUT2D eigenvalue weighted by molar-refractivity contribution is -0.118. The molecule has 0 unspecified atom stereocenters. The van der Waals surface area contributed by atoms with Crippen LogP contribution in [0.3, 0.4) is 0 Å². The maximum atomic E-state index is 12.7. The first-order chi connectivity index (χ1) is 15.5. The number of aromatic nitrogens is 3. The Morgan fingerprint density at radius 2 is 2.03 bits per heavy atom. The molecule has 1 aliphatic heterocycles. The van der Waals surface area contributed by atoms with E-state index >= 15 is 0 Å². The summed E-state index contributed by atoms with van der Waals surface area (Å²) in [6.45, 7) is 0.321. The molecule has 2 N–H and O–H groups in total. The standard InChI is InChI=1S/C22H22N4O6/c1-29-11-17-24-21(26-25-17)12-5-4-6-13(9-12)23-18(27)10-16-14-7-8-15(30-2)20(31-3)19(14)22(28)32-16/h4-9,16H,10-11H2,1-3H3,(H,23,27)(H,24,25,26)/t16-/m1/s1. The van der Waals surface area contributed by atoms with Crippen molar-refractivity contribution < 1.29 is 28.5 Å². The van der Waals surface area contributed by atoms with E-state index in [9.17, 15) is 9.59 Å². The maximum Gasteiger partial charge on any atom is 0.343 e. The normalized spacial score (nSPS) is 14.6. The van der Waals surface area contributed by atoms with Gasteiger partial charge >= 0.3 is 5.97 Å². The third-order valence-corrected chi connectivity index (χ3v) is 4.97. The molecule has 0 bridgehead atoms. The molecule has 32 heavy (non-hydrogen) atoms. The molecule has 0 fully saturated rings. The number of carbonyl (C=O) groups is 2. The van der Waals surface area contributed by atoms with Crippen molar-refractivity contribution in [3.8, 4) is 22.9 Å². The van der Waals surface area contributed by atoms with Crippen molar-refractivity contribution in [2.45, 2.75) is 19.1 Å². The zero-order valence-electron chi connectivity index (χ0n) is 17.8. The Balaban J connectivity index is 1.48. The first-order valence-corrected chi connectivity index (χ1v) is 9.80. The van der Waals surface area contributed by atoms with Crippen LogP contribution in [0.2, 0.25) is 0 Å². The van der Waals surface area contributed by atoms with Gasteiger partial charge in [0.1, 0.15) is 18.3 Å². The number of H-pyrrole nitrogens is 1. The van der Waals surface area contributed by atoms with Gasteiger partial charge in [0.15, 0.2) is 23.1 Å². The van der Waals surface area contributed by atoms with Crippen LogP contribution < -0.4 is 14.8 Å². The number of nitrogens with one attached hydrogen (secondary N) is 2. The van der Waals surface area contributed by atoms with Crippen LogP contribution >= 0.6 is 0 Å². The molecule has 0 aliphatic carbocycles. The highest BCUT2D eigenvalue weighted by Crippen LogP contribution is 2.43. The molecule has 2 heterocycles. The number of amides is 1. The van der Waals surface area contributed by atoms with Crippen LogP contribution in [-0.4, -0.2) is 48.4 Å². The van der Waals surface area contributed by atoms with Crippen molar-refractivity contribution in [2.24, 2.45) is 0 Å². The number of carbonyl (C=O) groups excluding carboxylic acids is 2. The van der Waals surface area contributed by atoms with Crippen molar-refractivity contribution in [3.05, 3.63) is 53.3 Å². The molecule has 10 heteroatoms. The average molecular weight is 438 g/mol. The number of anilines is 1. The lowest BCUT2D eigenvalue weighted by atomic mass is 10.0. The number of aromatic amines is 1. The molecule has 3 aromatic rings. The Hall–Kier alpha value is -3.92. The van der Waals surface area contributed by atoms with Crippen LogP contribution in [0.1, 0.15) is 34.3 Å². The summed E-state index contributed by atoms with van der Waals surface area (Å²) in [6, 6.07) is 10.5. The Morgan fingerprint density at radius 1 is 1.19 bits per heavy atom. The van der Waals surface area contributed by atoms with E-state index in [0.717, 1.165) is 5.56 Å². The SMILES string of the molecule is COCc1nc(-c2cccc(NC(=O)C[C@H]3OC(=O)c4c3ccc(OC)c4OC)c2)n[nH]1. The molecule has 1 aromatic heterocycles. The molecular weight excluding hydrogens is 416 g/mol. The second-order valence-electron chi connectivity index (χ2n) is 7.03. The van der Waals surface area contributed by atoms with Gasteiger partial charge in [-0.15, -0.1) is 0 Å². The van der Waals surface area contributed by atoms with E-state index in [1.165, 1.54) is 14.2 Å². The number of esters is 1. The minimum Gasteiger partial charge on any atom is -0.493 e.